The molecule has 2 aliphatic rings. The Balaban J connectivity index is 1.65. The molecule has 3 heteroatoms. The Morgan fingerprint density at radius 3 is 2.08 bits per heavy atom. The second-order valence-corrected chi connectivity index (χ2v) is 4.69. The van der Waals surface area contributed by atoms with Crippen LogP contribution >= 0.6 is 0 Å². The third-order valence-electron chi connectivity index (χ3n) is 3.25. The van der Waals surface area contributed by atoms with Crippen LogP contribution in [0.15, 0.2) is 0 Å². The summed E-state index contributed by atoms with van der Waals surface area (Å²) in [5, 5.41) is 0. The van der Waals surface area contributed by atoms with E-state index in [1.165, 1.54) is 45.8 Å². The molecule has 0 amide bonds. The van der Waals surface area contributed by atoms with E-state index in [1.54, 1.807) is 0 Å². The van der Waals surface area contributed by atoms with Gasteiger partial charge in [0.05, 0.1) is 0 Å². The molecule has 0 radical (unpaired) electrons. The van der Waals surface area contributed by atoms with Crippen LogP contribution in [-0.2, 0) is 0 Å². The van der Waals surface area contributed by atoms with Gasteiger partial charge in [-0.2, -0.15) is 0 Å². The second-order valence-electron chi connectivity index (χ2n) is 4.69. The molecule has 0 atom stereocenters. The van der Waals surface area contributed by atoms with Gasteiger partial charge in [0.2, 0.25) is 0 Å². The molecule has 0 bridgehead atoms. The quantitative estimate of drug-likeness (QED) is 0.587. The van der Waals surface area contributed by atoms with Crippen LogP contribution < -0.4 is 0 Å². The molecule has 0 aromatic heterocycles. The minimum absolute atomic E-state index is 0.952. The minimum Gasteiger partial charge on any atom is -0.306 e. The maximum Gasteiger partial charge on any atom is 0.0110 e. The van der Waals surface area contributed by atoms with Crippen LogP contribution in [0.5, 0.6) is 0 Å². The van der Waals surface area contributed by atoms with Crippen molar-refractivity contribution in [3.63, 3.8) is 0 Å². The van der Waals surface area contributed by atoms with E-state index < -0.39 is 0 Å². The van der Waals surface area contributed by atoms with Gasteiger partial charge in [0.25, 0.3) is 0 Å². The Kier molecular flexibility index (Phi) is 2.86. The van der Waals surface area contributed by atoms with Crippen molar-refractivity contribution >= 4 is 0 Å². The zero-order chi connectivity index (χ0) is 9.26. The van der Waals surface area contributed by atoms with Crippen LogP contribution in [0.25, 0.3) is 0 Å². The summed E-state index contributed by atoms with van der Waals surface area (Å²) in [7, 11) is 4.43. The summed E-state index contributed by atoms with van der Waals surface area (Å²) in [5.41, 5.74) is 0. The molecule has 0 spiro atoms. The first kappa shape index (κ1) is 9.44. The Labute approximate surface area is 81.3 Å². The zero-order valence-corrected chi connectivity index (χ0v) is 8.87. The molecule has 0 N–H and O–H groups in total. The van der Waals surface area contributed by atoms with E-state index in [1.807, 2.05) is 0 Å². The van der Waals surface area contributed by atoms with Crippen molar-refractivity contribution in [2.75, 3.05) is 59.9 Å². The first-order chi connectivity index (χ1) is 6.24. The molecule has 0 aromatic rings. The summed E-state index contributed by atoms with van der Waals surface area (Å²) in [6, 6.07) is 0. The Hall–Kier alpha value is -0.120. The highest BCUT2D eigenvalue weighted by Crippen LogP contribution is 2.14. The molecule has 2 rings (SSSR count). The van der Waals surface area contributed by atoms with Crippen molar-refractivity contribution in [1.82, 2.24) is 14.7 Å². The van der Waals surface area contributed by atoms with E-state index in [0.29, 0.717) is 0 Å². The molecule has 2 saturated heterocycles. The molecule has 2 fully saturated rings. The Bertz CT molecular complexity index is 158. The van der Waals surface area contributed by atoms with Crippen LogP contribution in [0.3, 0.4) is 0 Å². The lowest BCUT2D eigenvalue weighted by atomic mass is 10.0. The van der Waals surface area contributed by atoms with Crippen LogP contribution in [0.1, 0.15) is 0 Å². The van der Waals surface area contributed by atoms with E-state index in [2.05, 4.69) is 28.8 Å². The minimum atomic E-state index is 0.952. The van der Waals surface area contributed by atoms with Crippen LogP contribution in [-0.4, -0.2) is 74.6 Å². The molecule has 0 aliphatic carbocycles. The fourth-order valence-electron chi connectivity index (χ4n) is 2.34. The van der Waals surface area contributed by atoms with Gasteiger partial charge in [-0.3, -0.25) is 0 Å². The van der Waals surface area contributed by atoms with E-state index in [0.717, 1.165) is 5.92 Å². The van der Waals surface area contributed by atoms with Gasteiger partial charge in [0.15, 0.2) is 0 Å². The van der Waals surface area contributed by atoms with Crippen LogP contribution in [0.4, 0.5) is 0 Å². The van der Waals surface area contributed by atoms with Crippen molar-refractivity contribution in [3.05, 3.63) is 0 Å². The fourth-order valence-corrected chi connectivity index (χ4v) is 2.34. The number of hydrogen-bond donors (Lipinski definition) is 0. The number of hydrogen-bond acceptors (Lipinski definition) is 3. The predicted molar refractivity (Wildman–Crippen MR) is 54.9 cm³/mol. The lowest BCUT2D eigenvalue weighted by Gasteiger charge is -2.41. The van der Waals surface area contributed by atoms with Crippen molar-refractivity contribution in [2.45, 2.75) is 0 Å². The number of piperazine rings is 1. The molecule has 0 aromatic carbocycles. The van der Waals surface area contributed by atoms with E-state index in [9.17, 15) is 0 Å². The molecular formula is C10H21N3. The highest BCUT2D eigenvalue weighted by atomic mass is 15.3. The SMILES string of the molecule is CN1CCN(CC2CN(C)C2)CC1. The molecular weight excluding hydrogens is 162 g/mol. The Morgan fingerprint density at radius 2 is 1.54 bits per heavy atom. The lowest BCUT2D eigenvalue weighted by Crippen LogP contribution is -2.53. The predicted octanol–water partition coefficient (Wildman–Crippen LogP) is -0.205. The van der Waals surface area contributed by atoms with Gasteiger partial charge in [-0.15, -0.1) is 0 Å². The van der Waals surface area contributed by atoms with E-state index in [4.69, 9.17) is 0 Å². The van der Waals surface area contributed by atoms with Gasteiger partial charge in [0.1, 0.15) is 0 Å². The molecule has 0 saturated carbocycles. The van der Waals surface area contributed by atoms with Gasteiger partial charge >= 0.3 is 0 Å². The van der Waals surface area contributed by atoms with Crippen molar-refractivity contribution in [2.24, 2.45) is 5.92 Å². The number of nitrogens with zero attached hydrogens (tertiary/aromatic N) is 3. The lowest BCUT2D eigenvalue weighted by molar-refractivity contribution is 0.0679. The van der Waals surface area contributed by atoms with Gasteiger partial charge in [-0.25, -0.2) is 0 Å². The smallest absolute Gasteiger partial charge is 0.0110 e. The molecule has 76 valence electrons. The van der Waals surface area contributed by atoms with Gasteiger partial charge in [-0.1, -0.05) is 0 Å². The Morgan fingerprint density at radius 1 is 0.923 bits per heavy atom. The standard InChI is InChI=1S/C10H21N3/c1-11-3-5-13(6-4-11)9-10-7-12(2)8-10/h10H,3-9H2,1-2H3. The van der Waals surface area contributed by atoms with Gasteiger partial charge in [0, 0.05) is 45.8 Å². The second kappa shape index (κ2) is 3.95. The van der Waals surface area contributed by atoms with Crippen LogP contribution in [0.2, 0.25) is 0 Å². The van der Waals surface area contributed by atoms with Gasteiger partial charge in [-0.05, 0) is 20.0 Å². The first-order valence-corrected chi connectivity index (χ1v) is 5.33. The number of rotatable bonds is 2. The maximum absolute atomic E-state index is 2.62. The molecule has 2 aliphatic heterocycles. The average Bonchev–Trinajstić information content (AvgIpc) is 2.06. The third kappa shape index (κ3) is 2.42. The number of likely N-dealkylation sites (tertiary alicyclic amines) is 1. The fraction of sp³-hybridized carbons (Fsp3) is 1.00. The zero-order valence-electron chi connectivity index (χ0n) is 8.87. The van der Waals surface area contributed by atoms with E-state index in [-0.39, 0.29) is 0 Å². The molecule has 2 heterocycles. The summed E-state index contributed by atoms with van der Waals surface area (Å²) < 4.78 is 0. The monoisotopic (exact) mass is 183 g/mol. The van der Waals surface area contributed by atoms with Crippen molar-refractivity contribution < 1.29 is 0 Å². The normalized spacial score (nSPS) is 29.1. The highest BCUT2D eigenvalue weighted by molar-refractivity contribution is 4.81. The highest BCUT2D eigenvalue weighted by Gasteiger charge is 2.26. The van der Waals surface area contributed by atoms with Crippen LogP contribution in [0, 0.1) is 5.92 Å². The van der Waals surface area contributed by atoms with E-state index >= 15 is 0 Å². The molecule has 3 nitrogen and oxygen atoms in total. The molecule has 13 heavy (non-hydrogen) atoms. The summed E-state index contributed by atoms with van der Waals surface area (Å²) >= 11 is 0. The summed E-state index contributed by atoms with van der Waals surface area (Å²) in [5.74, 6) is 0.952. The maximum atomic E-state index is 2.62. The summed E-state index contributed by atoms with van der Waals surface area (Å²) in [4.78, 5) is 7.45. The largest absolute Gasteiger partial charge is 0.306 e. The van der Waals surface area contributed by atoms with Crippen molar-refractivity contribution in [3.8, 4) is 0 Å². The molecule has 0 unspecified atom stereocenters. The summed E-state index contributed by atoms with van der Waals surface area (Å²) in [6.07, 6.45) is 0. The topological polar surface area (TPSA) is 9.72 Å². The average molecular weight is 183 g/mol. The van der Waals surface area contributed by atoms with Crippen molar-refractivity contribution in [1.29, 1.82) is 0 Å². The first-order valence-electron chi connectivity index (χ1n) is 5.33. The number of likely N-dealkylation sites (N-methyl/N-ethyl adjacent to an activating group) is 1. The summed E-state index contributed by atoms with van der Waals surface area (Å²) in [6.45, 7) is 9.01. The van der Waals surface area contributed by atoms with Gasteiger partial charge < -0.3 is 14.7 Å². The third-order valence-corrected chi connectivity index (χ3v) is 3.25.